The molecule has 2 N–H and O–H groups in total. The molecular formula is C12H17BrCl2N2O2S. The van der Waals surface area contributed by atoms with E-state index in [9.17, 15) is 8.42 Å². The molecule has 0 radical (unpaired) electrons. The van der Waals surface area contributed by atoms with Crippen molar-refractivity contribution >= 4 is 50.0 Å². The van der Waals surface area contributed by atoms with Gasteiger partial charge in [-0.05, 0) is 59.4 Å². The monoisotopic (exact) mass is 402 g/mol. The largest absolute Gasteiger partial charge is 0.330 e. The fourth-order valence-electron chi connectivity index (χ4n) is 2.17. The third kappa shape index (κ3) is 3.87. The van der Waals surface area contributed by atoms with Crippen molar-refractivity contribution in [1.29, 1.82) is 0 Å². The SMILES string of the molecule is Cl.NCC1CCN(S(=O)(=O)c2ccc(Cl)c(Br)c2)CC1. The van der Waals surface area contributed by atoms with Crippen LogP contribution in [0, 0.1) is 5.92 Å². The molecular weight excluding hydrogens is 387 g/mol. The average molecular weight is 404 g/mol. The summed E-state index contributed by atoms with van der Waals surface area (Å²) in [5, 5.41) is 0.501. The van der Waals surface area contributed by atoms with Gasteiger partial charge in [0.1, 0.15) is 0 Å². The Morgan fingerprint density at radius 2 is 1.95 bits per heavy atom. The number of halogens is 3. The van der Waals surface area contributed by atoms with Crippen molar-refractivity contribution in [3.05, 3.63) is 27.7 Å². The molecule has 0 bridgehead atoms. The molecule has 4 nitrogen and oxygen atoms in total. The van der Waals surface area contributed by atoms with Gasteiger partial charge in [-0.25, -0.2) is 8.42 Å². The van der Waals surface area contributed by atoms with Gasteiger partial charge in [-0.1, -0.05) is 11.6 Å². The Balaban J connectivity index is 0.00000200. The number of rotatable bonds is 3. The molecule has 2 rings (SSSR count). The Labute approximate surface area is 139 Å². The van der Waals surface area contributed by atoms with Gasteiger partial charge in [0.25, 0.3) is 0 Å². The van der Waals surface area contributed by atoms with Crippen LogP contribution in [0.5, 0.6) is 0 Å². The van der Waals surface area contributed by atoms with Gasteiger partial charge in [-0.2, -0.15) is 4.31 Å². The topological polar surface area (TPSA) is 63.4 Å². The van der Waals surface area contributed by atoms with Crippen LogP contribution in [0.3, 0.4) is 0 Å². The highest BCUT2D eigenvalue weighted by atomic mass is 79.9. The zero-order valence-corrected chi connectivity index (χ0v) is 14.7. The summed E-state index contributed by atoms with van der Waals surface area (Å²) < 4.78 is 27.1. The minimum Gasteiger partial charge on any atom is -0.330 e. The molecule has 0 atom stereocenters. The van der Waals surface area contributed by atoms with E-state index in [1.165, 1.54) is 10.4 Å². The van der Waals surface area contributed by atoms with Crippen molar-refractivity contribution in [3.63, 3.8) is 0 Å². The lowest BCUT2D eigenvalue weighted by atomic mass is 9.99. The molecule has 1 aliphatic heterocycles. The van der Waals surface area contributed by atoms with E-state index in [4.69, 9.17) is 17.3 Å². The first-order valence-electron chi connectivity index (χ1n) is 6.10. The number of nitrogens with zero attached hydrogens (tertiary/aromatic N) is 1. The fourth-order valence-corrected chi connectivity index (χ4v) is 4.32. The molecule has 0 aromatic heterocycles. The minimum atomic E-state index is -3.43. The molecule has 1 heterocycles. The van der Waals surface area contributed by atoms with Gasteiger partial charge in [0, 0.05) is 17.6 Å². The molecule has 0 amide bonds. The number of nitrogens with two attached hydrogens (primary N) is 1. The predicted octanol–water partition coefficient (Wildman–Crippen LogP) is 2.88. The van der Waals surface area contributed by atoms with E-state index in [-0.39, 0.29) is 17.3 Å². The molecule has 0 spiro atoms. The highest BCUT2D eigenvalue weighted by Gasteiger charge is 2.29. The third-order valence-corrected chi connectivity index (χ3v) is 6.54. The van der Waals surface area contributed by atoms with Crippen LogP contribution in [0.1, 0.15) is 12.8 Å². The van der Waals surface area contributed by atoms with Gasteiger partial charge in [-0.3, -0.25) is 0 Å². The van der Waals surface area contributed by atoms with Gasteiger partial charge in [0.05, 0.1) is 9.92 Å². The van der Waals surface area contributed by atoms with Crippen LogP contribution < -0.4 is 5.73 Å². The normalized spacial score (nSPS) is 17.8. The molecule has 0 aliphatic carbocycles. The maximum absolute atomic E-state index is 12.5. The average Bonchev–Trinajstić information content (AvgIpc) is 2.41. The fraction of sp³-hybridized carbons (Fsp3) is 0.500. The Morgan fingerprint density at radius 1 is 1.35 bits per heavy atom. The van der Waals surface area contributed by atoms with Crippen LogP contribution in [0.2, 0.25) is 5.02 Å². The van der Waals surface area contributed by atoms with Crippen molar-refractivity contribution in [1.82, 2.24) is 4.31 Å². The van der Waals surface area contributed by atoms with Crippen LogP contribution in [-0.4, -0.2) is 32.4 Å². The summed E-state index contributed by atoms with van der Waals surface area (Å²) in [6.07, 6.45) is 1.65. The van der Waals surface area contributed by atoms with Crippen LogP contribution >= 0.6 is 39.9 Å². The van der Waals surface area contributed by atoms with Crippen LogP contribution in [-0.2, 0) is 10.0 Å². The second-order valence-electron chi connectivity index (χ2n) is 4.66. The molecule has 20 heavy (non-hydrogen) atoms. The van der Waals surface area contributed by atoms with Crippen LogP contribution in [0.15, 0.2) is 27.6 Å². The highest BCUT2D eigenvalue weighted by Crippen LogP contribution is 2.28. The first-order valence-corrected chi connectivity index (χ1v) is 8.71. The Hall–Kier alpha value is 0.150. The molecule has 1 saturated heterocycles. The van der Waals surface area contributed by atoms with Gasteiger partial charge in [0.2, 0.25) is 10.0 Å². The molecule has 0 unspecified atom stereocenters. The number of hydrogen-bond donors (Lipinski definition) is 1. The van der Waals surface area contributed by atoms with E-state index in [1.807, 2.05) is 0 Å². The van der Waals surface area contributed by atoms with Gasteiger partial charge >= 0.3 is 0 Å². The van der Waals surface area contributed by atoms with Crippen LogP contribution in [0.4, 0.5) is 0 Å². The number of sulfonamides is 1. The molecule has 1 aromatic carbocycles. The van der Waals surface area contributed by atoms with Crippen molar-refractivity contribution in [2.24, 2.45) is 11.7 Å². The highest BCUT2D eigenvalue weighted by molar-refractivity contribution is 9.10. The van der Waals surface area contributed by atoms with E-state index in [0.717, 1.165) is 12.8 Å². The molecule has 1 aromatic rings. The summed E-state index contributed by atoms with van der Waals surface area (Å²) in [5.41, 5.74) is 5.62. The zero-order chi connectivity index (χ0) is 14.0. The van der Waals surface area contributed by atoms with Gasteiger partial charge < -0.3 is 5.73 Å². The second kappa shape index (κ2) is 7.42. The van der Waals surface area contributed by atoms with Crippen molar-refractivity contribution in [2.45, 2.75) is 17.7 Å². The summed E-state index contributed by atoms with van der Waals surface area (Å²) in [4.78, 5) is 0.273. The first kappa shape index (κ1) is 18.2. The van der Waals surface area contributed by atoms with Gasteiger partial charge in [-0.15, -0.1) is 12.4 Å². The molecule has 8 heteroatoms. The van der Waals surface area contributed by atoms with E-state index in [0.29, 0.717) is 35.0 Å². The molecule has 1 aliphatic rings. The minimum absolute atomic E-state index is 0. The second-order valence-corrected chi connectivity index (χ2v) is 7.86. The summed E-state index contributed by atoms with van der Waals surface area (Å²) in [5.74, 6) is 0.434. The summed E-state index contributed by atoms with van der Waals surface area (Å²) in [6.45, 7) is 1.69. The van der Waals surface area contributed by atoms with E-state index in [1.54, 1.807) is 12.1 Å². The number of benzene rings is 1. The number of piperidine rings is 1. The predicted molar refractivity (Wildman–Crippen MR) is 86.9 cm³/mol. The van der Waals surface area contributed by atoms with E-state index in [2.05, 4.69) is 15.9 Å². The summed E-state index contributed by atoms with van der Waals surface area (Å²) in [7, 11) is -3.43. The lowest BCUT2D eigenvalue weighted by Crippen LogP contribution is -2.40. The molecule has 114 valence electrons. The maximum Gasteiger partial charge on any atom is 0.243 e. The summed E-state index contributed by atoms with van der Waals surface area (Å²) in [6, 6.07) is 4.68. The third-order valence-electron chi connectivity index (χ3n) is 3.44. The van der Waals surface area contributed by atoms with Crippen molar-refractivity contribution in [3.8, 4) is 0 Å². The number of hydrogen-bond acceptors (Lipinski definition) is 3. The standard InChI is InChI=1S/C12H16BrClN2O2S.ClH/c13-11-7-10(1-2-12(11)14)19(17,18)16-5-3-9(8-15)4-6-16;/h1-2,7,9H,3-6,8,15H2;1H. The van der Waals surface area contributed by atoms with Crippen molar-refractivity contribution in [2.75, 3.05) is 19.6 Å². The zero-order valence-electron chi connectivity index (χ0n) is 10.8. The smallest absolute Gasteiger partial charge is 0.243 e. The Bertz CT molecular complexity index is 561. The molecule has 1 fully saturated rings. The lowest BCUT2D eigenvalue weighted by Gasteiger charge is -2.30. The lowest BCUT2D eigenvalue weighted by molar-refractivity contribution is 0.278. The van der Waals surface area contributed by atoms with Crippen LogP contribution in [0.25, 0.3) is 0 Å². The molecule has 0 saturated carbocycles. The van der Waals surface area contributed by atoms with E-state index >= 15 is 0 Å². The first-order chi connectivity index (χ1) is 8.95. The van der Waals surface area contributed by atoms with Crippen molar-refractivity contribution < 1.29 is 8.42 Å². The Morgan fingerprint density at radius 3 is 2.45 bits per heavy atom. The maximum atomic E-state index is 12.5. The quantitative estimate of drug-likeness (QED) is 0.843. The van der Waals surface area contributed by atoms with Gasteiger partial charge in [0.15, 0.2) is 0 Å². The Kier molecular flexibility index (Phi) is 6.76. The summed E-state index contributed by atoms with van der Waals surface area (Å²) >= 11 is 9.14. The van der Waals surface area contributed by atoms with E-state index < -0.39 is 10.0 Å².